The highest BCUT2D eigenvalue weighted by Gasteiger charge is 2.09. The Kier molecular flexibility index (Phi) is 2.64. The van der Waals surface area contributed by atoms with Gasteiger partial charge in [0.1, 0.15) is 0 Å². The highest BCUT2D eigenvalue weighted by atomic mass is 32.2. The summed E-state index contributed by atoms with van der Waals surface area (Å²) in [6, 6.07) is 3.85. The molecular formula is C10H10N2O2S. The van der Waals surface area contributed by atoms with Crippen LogP contribution in [0.4, 0.5) is 0 Å². The number of benzene rings is 1. The van der Waals surface area contributed by atoms with Crippen molar-refractivity contribution in [3.63, 3.8) is 0 Å². The number of nitrogens with zero attached hydrogens (tertiary/aromatic N) is 1. The third-order valence-corrected chi connectivity index (χ3v) is 2.86. The molecule has 4 nitrogen and oxygen atoms in total. The van der Waals surface area contributed by atoms with Crippen LogP contribution in [-0.2, 0) is 11.2 Å². The van der Waals surface area contributed by atoms with Gasteiger partial charge in [0.15, 0.2) is 0 Å². The van der Waals surface area contributed by atoms with Crippen LogP contribution in [0, 0.1) is 0 Å². The molecular weight excluding hydrogens is 212 g/mol. The van der Waals surface area contributed by atoms with Gasteiger partial charge in [-0.15, -0.1) is 11.8 Å². The van der Waals surface area contributed by atoms with E-state index in [1.165, 1.54) is 0 Å². The molecule has 0 spiro atoms. The van der Waals surface area contributed by atoms with E-state index in [-0.39, 0.29) is 6.42 Å². The van der Waals surface area contributed by atoms with E-state index >= 15 is 0 Å². The minimum atomic E-state index is -0.836. The van der Waals surface area contributed by atoms with Crippen molar-refractivity contribution in [2.45, 2.75) is 11.3 Å². The van der Waals surface area contributed by atoms with Crippen LogP contribution in [-0.4, -0.2) is 27.3 Å². The maximum Gasteiger partial charge on any atom is 0.307 e. The molecule has 0 aliphatic rings. The molecule has 0 aliphatic carbocycles. The van der Waals surface area contributed by atoms with Crippen molar-refractivity contribution in [3.05, 3.63) is 24.0 Å². The molecule has 5 heteroatoms. The van der Waals surface area contributed by atoms with E-state index in [1.807, 2.05) is 18.4 Å². The second-order valence-corrected chi connectivity index (χ2v) is 4.04. The van der Waals surface area contributed by atoms with Gasteiger partial charge in [0.2, 0.25) is 0 Å². The van der Waals surface area contributed by atoms with Gasteiger partial charge in [-0.25, -0.2) is 4.98 Å². The normalized spacial score (nSPS) is 10.7. The molecule has 78 valence electrons. The number of H-pyrrole nitrogens is 1. The van der Waals surface area contributed by atoms with Gasteiger partial charge in [-0.2, -0.15) is 0 Å². The number of aromatic nitrogens is 2. The van der Waals surface area contributed by atoms with Crippen molar-refractivity contribution in [1.82, 2.24) is 9.97 Å². The lowest BCUT2D eigenvalue weighted by molar-refractivity contribution is -0.136. The molecule has 2 N–H and O–H groups in total. The number of hydrogen-bond acceptors (Lipinski definition) is 3. The van der Waals surface area contributed by atoms with Gasteiger partial charge >= 0.3 is 5.97 Å². The van der Waals surface area contributed by atoms with Crippen molar-refractivity contribution in [2.75, 3.05) is 6.26 Å². The SMILES string of the molecule is CSc1cc(CC(=O)O)c2nc[nH]c2c1. The molecule has 0 unspecified atom stereocenters. The fourth-order valence-electron chi connectivity index (χ4n) is 1.51. The molecule has 0 amide bonds. The molecule has 0 radical (unpaired) electrons. The number of hydrogen-bond donors (Lipinski definition) is 2. The zero-order valence-electron chi connectivity index (χ0n) is 8.15. The third-order valence-electron chi connectivity index (χ3n) is 2.15. The number of imidazole rings is 1. The average Bonchev–Trinajstić information content (AvgIpc) is 2.64. The van der Waals surface area contributed by atoms with Gasteiger partial charge < -0.3 is 10.1 Å². The highest BCUT2D eigenvalue weighted by Crippen LogP contribution is 2.24. The fourth-order valence-corrected chi connectivity index (χ4v) is 2.01. The first-order chi connectivity index (χ1) is 7.20. The number of aromatic amines is 1. The number of carboxylic acid groups (broad SMARTS) is 1. The first-order valence-electron chi connectivity index (χ1n) is 4.42. The lowest BCUT2D eigenvalue weighted by atomic mass is 10.1. The highest BCUT2D eigenvalue weighted by molar-refractivity contribution is 7.98. The number of aliphatic carboxylic acids is 1. The number of fused-ring (bicyclic) bond motifs is 1. The van der Waals surface area contributed by atoms with Crippen LogP contribution in [0.3, 0.4) is 0 Å². The van der Waals surface area contributed by atoms with Crippen LogP contribution < -0.4 is 0 Å². The summed E-state index contributed by atoms with van der Waals surface area (Å²) in [7, 11) is 0. The standard InChI is InChI=1S/C10H10N2O2S/c1-15-7-2-6(3-9(13)14)10-8(4-7)11-5-12-10/h2,4-5H,3H2,1H3,(H,11,12)(H,13,14). The van der Waals surface area contributed by atoms with Crippen molar-refractivity contribution in [1.29, 1.82) is 0 Å². The van der Waals surface area contributed by atoms with E-state index in [4.69, 9.17) is 5.11 Å². The summed E-state index contributed by atoms with van der Waals surface area (Å²) in [5.74, 6) is -0.836. The molecule has 2 rings (SSSR count). The summed E-state index contributed by atoms with van der Waals surface area (Å²) in [6.07, 6.45) is 3.55. The van der Waals surface area contributed by atoms with Crippen LogP contribution >= 0.6 is 11.8 Å². The van der Waals surface area contributed by atoms with Crippen molar-refractivity contribution >= 4 is 28.8 Å². The van der Waals surface area contributed by atoms with Crippen molar-refractivity contribution in [3.8, 4) is 0 Å². The Morgan fingerprint density at radius 2 is 2.40 bits per heavy atom. The van der Waals surface area contributed by atoms with Gasteiger partial charge in [0.25, 0.3) is 0 Å². The fraction of sp³-hybridized carbons (Fsp3) is 0.200. The molecule has 1 aromatic heterocycles. The lowest BCUT2D eigenvalue weighted by Crippen LogP contribution is -2.01. The number of nitrogens with one attached hydrogen (secondary N) is 1. The Balaban J connectivity index is 2.57. The number of carboxylic acids is 1. The minimum absolute atomic E-state index is 0.00968. The third kappa shape index (κ3) is 1.97. The predicted molar refractivity (Wildman–Crippen MR) is 59.2 cm³/mol. The number of rotatable bonds is 3. The van der Waals surface area contributed by atoms with E-state index in [0.29, 0.717) is 0 Å². The Morgan fingerprint density at radius 3 is 3.07 bits per heavy atom. The Bertz CT molecular complexity index is 507. The Morgan fingerprint density at radius 1 is 1.60 bits per heavy atom. The molecule has 0 atom stereocenters. The molecule has 0 saturated carbocycles. The van der Waals surface area contributed by atoms with Crippen LogP contribution in [0.2, 0.25) is 0 Å². The zero-order chi connectivity index (χ0) is 10.8. The number of thioether (sulfide) groups is 1. The van der Waals surface area contributed by atoms with Crippen LogP contribution in [0.1, 0.15) is 5.56 Å². The maximum atomic E-state index is 10.7. The summed E-state index contributed by atoms with van der Waals surface area (Å²) in [5, 5.41) is 8.78. The Hall–Kier alpha value is -1.49. The summed E-state index contributed by atoms with van der Waals surface area (Å²) in [5.41, 5.74) is 2.39. The summed E-state index contributed by atoms with van der Waals surface area (Å²) in [6.45, 7) is 0. The van der Waals surface area contributed by atoms with Gasteiger partial charge in [-0.3, -0.25) is 4.79 Å². The average molecular weight is 222 g/mol. The minimum Gasteiger partial charge on any atom is -0.481 e. The topological polar surface area (TPSA) is 66.0 Å². The first kappa shape index (κ1) is 10.0. The molecule has 0 bridgehead atoms. The van der Waals surface area contributed by atoms with Gasteiger partial charge in [0.05, 0.1) is 23.8 Å². The van der Waals surface area contributed by atoms with Crippen LogP contribution in [0.5, 0.6) is 0 Å². The van der Waals surface area contributed by atoms with Crippen molar-refractivity contribution in [2.24, 2.45) is 0 Å². The van der Waals surface area contributed by atoms with Gasteiger partial charge in [0, 0.05) is 4.90 Å². The summed E-state index contributed by atoms with van der Waals surface area (Å²) in [4.78, 5) is 18.8. The molecule has 0 saturated heterocycles. The Labute approximate surface area is 90.7 Å². The molecule has 2 aromatic rings. The quantitative estimate of drug-likeness (QED) is 0.778. The van der Waals surface area contributed by atoms with E-state index in [2.05, 4.69) is 9.97 Å². The molecule has 1 aromatic carbocycles. The smallest absolute Gasteiger partial charge is 0.307 e. The number of carbonyl (C=O) groups is 1. The van der Waals surface area contributed by atoms with E-state index in [9.17, 15) is 4.79 Å². The van der Waals surface area contributed by atoms with Gasteiger partial charge in [-0.05, 0) is 24.0 Å². The summed E-state index contributed by atoms with van der Waals surface area (Å²) < 4.78 is 0. The molecule has 1 heterocycles. The summed E-state index contributed by atoms with van der Waals surface area (Å²) >= 11 is 1.59. The van der Waals surface area contributed by atoms with Crippen LogP contribution in [0.15, 0.2) is 23.4 Å². The van der Waals surface area contributed by atoms with E-state index < -0.39 is 5.97 Å². The predicted octanol–water partition coefficient (Wildman–Crippen LogP) is 1.91. The lowest BCUT2D eigenvalue weighted by Gasteiger charge is -2.02. The second-order valence-electron chi connectivity index (χ2n) is 3.16. The van der Waals surface area contributed by atoms with Crippen LogP contribution in [0.25, 0.3) is 11.0 Å². The zero-order valence-corrected chi connectivity index (χ0v) is 8.97. The second kappa shape index (κ2) is 3.94. The molecule has 0 aliphatic heterocycles. The van der Waals surface area contributed by atoms with E-state index in [0.717, 1.165) is 21.5 Å². The first-order valence-corrected chi connectivity index (χ1v) is 5.65. The van der Waals surface area contributed by atoms with Crippen molar-refractivity contribution < 1.29 is 9.90 Å². The van der Waals surface area contributed by atoms with Gasteiger partial charge in [-0.1, -0.05) is 0 Å². The van der Waals surface area contributed by atoms with E-state index in [1.54, 1.807) is 18.1 Å². The monoisotopic (exact) mass is 222 g/mol. The molecule has 0 fully saturated rings. The molecule has 15 heavy (non-hydrogen) atoms. The largest absolute Gasteiger partial charge is 0.481 e. The maximum absolute atomic E-state index is 10.7.